The minimum Gasteiger partial charge on any atom is -0.368 e. The van der Waals surface area contributed by atoms with Crippen molar-refractivity contribution in [1.82, 2.24) is 10.6 Å². The molecule has 3 N–H and O–H groups in total. The van der Waals surface area contributed by atoms with Gasteiger partial charge in [-0.05, 0) is 56.6 Å². The monoisotopic (exact) mass is 319 g/mol. The zero-order valence-electron chi connectivity index (χ0n) is 13.8. The number of nitrogens with one attached hydrogen (secondary N) is 3. The van der Waals surface area contributed by atoms with Crippen molar-refractivity contribution in [3.63, 3.8) is 0 Å². The number of anilines is 1. The van der Waals surface area contributed by atoms with Gasteiger partial charge < -0.3 is 20.7 Å². The molecule has 6 nitrogen and oxygen atoms in total. The second-order valence-electron chi connectivity index (χ2n) is 5.74. The van der Waals surface area contributed by atoms with Crippen molar-refractivity contribution in [3.05, 3.63) is 29.8 Å². The normalized spacial score (nSPS) is 16.6. The van der Waals surface area contributed by atoms with E-state index in [-0.39, 0.29) is 11.8 Å². The van der Waals surface area contributed by atoms with Crippen molar-refractivity contribution in [2.75, 3.05) is 32.1 Å². The van der Waals surface area contributed by atoms with Gasteiger partial charge >= 0.3 is 0 Å². The topological polar surface area (TPSA) is 79.5 Å². The molecule has 1 aliphatic rings. The lowest BCUT2D eigenvalue weighted by molar-refractivity contribution is -0.140. The summed E-state index contributed by atoms with van der Waals surface area (Å²) in [6.45, 7) is 4.18. The fraction of sp³-hybridized carbons (Fsp3) is 0.529. The van der Waals surface area contributed by atoms with Gasteiger partial charge in [-0.25, -0.2) is 0 Å². The largest absolute Gasteiger partial charge is 0.368 e. The van der Waals surface area contributed by atoms with E-state index in [2.05, 4.69) is 16.0 Å². The number of hydrogen-bond donors (Lipinski definition) is 3. The number of ether oxygens (including phenoxy) is 1. The highest BCUT2D eigenvalue weighted by atomic mass is 16.5. The van der Waals surface area contributed by atoms with Crippen LogP contribution < -0.4 is 16.0 Å². The van der Waals surface area contributed by atoms with Gasteiger partial charge in [0, 0.05) is 24.9 Å². The molecule has 126 valence electrons. The Morgan fingerprint density at radius 2 is 1.87 bits per heavy atom. The lowest BCUT2D eigenvalue weighted by Crippen LogP contribution is -2.51. The van der Waals surface area contributed by atoms with Crippen LogP contribution in [0.15, 0.2) is 24.3 Å². The van der Waals surface area contributed by atoms with E-state index in [4.69, 9.17) is 4.74 Å². The summed E-state index contributed by atoms with van der Waals surface area (Å²) in [7, 11) is 1.58. The average Bonchev–Trinajstić information content (AvgIpc) is 2.60. The Morgan fingerprint density at radius 1 is 1.22 bits per heavy atom. The average molecular weight is 319 g/mol. The van der Waals surface area contributed by atoms with E-state index in [0.29, 0.717) is 30.6 Å². The van der Waals surface area contributed by atoms with Gasteiger partial charge in [0.05, 0.1) is 0 Å². The SMILES string of the molecule is CCCNC(=O)c1ccc(NC(=O)C2(OC)CCNCC2)cc1. The zero-order valence-corrected chi connectivity index (χ0v) is 13.8. The van der Waals surface area contributed by atoms with E-state index < -0.39 is 5.60 Å². The second kappa shape index (κ2) is 8.08. The summed E-state index contributed by atoms with van der Waals surface area (Å²) in [5.74, 6) is -0.235. The molecule has 0 atom stereocenters. The van der Waals surface area contributed by atoms with Gasteiger partial charge in [0.15, 0.2) is 0 Å². The van der Waals surface area contributed by atoms with Crippen LogP contribution in [-0.2, 0) is 9.53 Å². The Kier molecular flexibility index (Phi) is 6.12. The van der Waals surface area contributed by atoms with E-state index in [1.54, 1.807) is 31.4 Å². The highest BCUT2D eigenvalue weighted by Gasteiger charge is 2.39. The number of hydrogen-bond acceptors (Lipinski definition) is 4. The molecule has 0 saturated carbocycles. The summed E-state index contributed by atoms with van der Waals surface area (Å²) in [6.07, 6.45) is 2.19. The smallest absolute Gasteiger partial charge is 0.256 e. The number of methoxy groups -OCH3 is 1. The van der Waals surface area contributed by atoms with Crippen LogP contribution in [0.1, 0.15) is 36.5 Å². The fourth-order valence-corrected chi connectivity index (χ4v) is 2.65. The number of carbonyl (C=O) groups is 2. The third-order valence-electron chi connectivity index (χ3n) is 4.16. The maximum atomic E-state index is 12.5. The minimum absolute atomic E-state index is 0.101. The van der Waals surface area contributed by atoms with Crippen molar-refractivity contribution in [3.8, 4) is 0 Å². The molecule has 0 aliphatic carbocycles. The standard InChI is InChI=1S/C17H25N3O3/c1-3-10-19-15(21)13-4-6-14(7-5-13)20-16(22)17(23-2)8-11-18-12-9-17/h4-7,18H,3,8-12H2,1-2H3,(H,19,21)(H,20,22). The van der Waals surface area contributed by atoms with E-state index in [1.165, 1.54) is 0 Å². The van der Waals surface area contributed by atoms with Crippen LogP contribution in [0.5, 0.6) is 0 Å². The molecule has 1 fully saturated rings. The molecular formula is C17H25N3O3. The van der Waals surface area contributed by atoms with Crippen molar-refractivity contribution < 1.29 is 14.3 Å². The van der Waals surface area contributed by atoms with Crippen LogP contribution in [0.3, 0.4) is 0 Å². The summed E-state index contributed by atoms with van der Waals surface area (Å²) < 4.78 is 5.50. The maximum Gasteiger partial charge on any atom is 0.256 e. The molecule has 0 aromatic heterocycles. The predicted molar refractivity (Wildman–Crippen MR) is 89.5 cm³/mol. The minimum atomic E-state index is -0.775. The predicted octanol–water partition coefficient (Wildman–Crippen LogP) is 1.53. The van der Waals surface area contributed by atoms with E-state index in [0.717, 1.165) is 19.5 Å². The van der Waals surface area contributed by atoms with E-state index in [9.17, 15) is 9.59 Å². The third kappa shape index (κ3) is 4.30. The Balaban J connectivity index is 1.99. The molecule has 0 bridgehead atoms. The lowest BCUT2D eigenvalue weighted by Gasteiger charge is -2.34. The number of amides is 2. The van der Waals surface area contributed by atoms with Crippen LogP contribution in [0, 0.1) is 0 Å². The van der Waals surface area contributed by atoms with Crippen molar-refractivity contribution in [2.24, 2.45) is 0 Å². The number of carbonyl (C=O) groups excluding carboxylic acids is 2. The first kappa shape index (κ1) is 17.4. The van der Waals surface area contributed by atoms with E-state index >= 15 is 0 Å². The molecule has 1 heterocycles. The molecule has 23 heavy (non-hydrogen) atoms. The van der Waals surface area contributed by atoms with Gasteiger partial charge in [0.2, 0.25) is 0 Å². The zero-order chi connectivity index (χ0) is 16.7. The van der Waals surface area contributed by atoms with Crippen molar-refractivity contribution in [1.29, 1.82) is 0 Å². The van der Waals surface area contributed by atoms with Crippen LogP contribution >= 0.6 is 0 Å². The van der Waals surface area contributed by atoms with Gasteiger partial charge in [0.25, 0.3) is 11.8 Å². The number of benzene rings is 1. The number of piperidine rings is 1. The van der Waals surface area contributed by atoms with Crippen LogP contribution in [-0.4, -0.2) is 44.2 Å². The van der Waals surface area contributed by atoms with Gasteiger partial charge in [-0.15, -0.1) is 0 Å². The maximum absolute atomic E-state index is 12.5. The Labute approximate surface area is 137 Å². The molecule has 1 saturated heterocycles. The second-order valence-corrected chi connectivity index (χ2v) is 5.74. The lowest BCUT2D eigenvalue weighted by atomic mass is 9.91. The van der Waals surface area contributed by atoms with Crippen LogP contribution in [0.25, 0.3) is 0 Å². The fourth-order valence-electron chi connectivity index (χ4n) is 2.65. The molecule has 1 aliphatic heterocycles. The third-order valence-corrected chi connectivity index (χ3v) is 4.16. The summed E-state index contributed by atoms with van der Waals surface area (Å²) in [6, 6.07) is 6.90. The van der Waals surface area contributed by atoms with E-state index in [1.807, 2.05) is 6.92 Å². The Morgan fingerprint density at radius 3 is 2.43 bits per heavy atom. The molecule has 0 unspecified atom stereocenters. The first-order valence-electron chi connectivity index (χ1n) is 8.07. The van der Waals surface area contributed by atoms with Gasteiger partial charge in [0.1, 0.15) is 5.60 Å². The molecule has 2 rings (SSSR count). The highest BCUT2D eigenvalue weighted by Crippen LogP contribution is 2.24. The Bertz CT molecular complexity index is 537. The van der Waals surface area contributed by atoms with Gasteiger partial charge in [-0.1, -0.05) is 6.92 Å². The van der Waals surface area contributed by atoms with Gasteiger partial charge in [-0.2, -0.15) is 0 Å². The van der Waals surface area contributed by atoms with Crippen molar-refractivity contribution in [2.45, 2.75) is 31.8 Å². The quantitative estimate of drug-likeness (QED) is 0.743. The molecule has 6 heteroatoms. The Hall–Kier alpha value is -1.92. The summed E-state index contributed by atoms with van der Waals surface area (Å²) in [5, 5.41) is 8.94. The summed E-state index contributed by atoms with van der Waals surface area (Å²) in [4.78, 5) is 24.4. The molecule has 0 radical (unpaired) electrons. The molecular weight excluding hydrogens is 294 g/mol. The first-order valence-corrected chi connectivity index (χ1v) is 8.07. The molecule has 0 spiro atoms. The van der Waals surface area contributed by atoms with Gasteiger partial charge in [-0.3, -0.25) is 9.59 Å². The summed E-state index contributed by atoms with van der Waals surface area (Å²) >= 11 is 0. The molecule has 1 aromatic rings. The first-order chi connectivity index (χ1) is 11.1. The highest BCUT2D eigenvalue weighted by molar-refractivity contribution is 5.98. The molecule has 1 aromatic carbocycles. The summed E-state index contributed by atoms with van der Waals surface area (Å²) in [5.41, 5.74) is 0.472. The molecule has 2 amide bonds. The van der Waals surface area contributed by atoms with Crippen LogP contribution in [0.4, 0.5) is 5.69 Å². The van der Waals surface area contributed by atoms with Crippen LogP contribution in [0.2, 0.25) is 0 Å². The number of rotatable bonds is 6. The van der Waals surface area contributed by atoms with Crippen molar-refractivity contribution >= 4 is 17.5 Å².